The van der Waals surface area contributed by atoms with Crippen LogP contribution >= 0.6 is 0 Å². The molecule has 8 nitrogen and oxygen atoms in total. The van der Waals surface area contributed by atoms with Crippen molar-refractivity contribution in [1.29, 1.82) is 0 Å². The zero-order valence-electron chi connectivity index (χ0n) is 19.0. The van der Waals surface area contributed by atoms with Crippen molar-refractivity contribution in [3.8, 4) is 23.0 Å². The van der Waals surface area contributed by atoms with E-state index in [1.165, 1.54) is 0 Å². The Morgan fingerprint density at radius 2 is 1.76 bits per heavy atom. The maximum absolute atomic E-state index is 13.4. The van der Waals surface area contributed by atoms with Crippen LogP contribution in [0.1, 0.15) is 11.3 Å². The molecule has 0 spiro atoms. The van der Waals surface area contributed by atoms with E-state index in [4.69, 9.17) is 23.4 Å². The van der Waals surface area contributed by atoms with Crippen molar-refractivity contribution in [2.45, 2.75) is 13.5 Å². The van der Waals surface area contributed by atoms with E-state index in [1.54, 1.807) is 32.2 Å². The molecular weight excluding hydrogens is 424 g/mol. The number of nitrogens with zero attached hydrogens (tertiary/aromatic N) is 2. The Bertz CT molecular complexity index is 1200. The Kier molecular flexibility index (Phi) is 6.22. The van der Waals surface area contributed by atoms with E-state index in [9.17, 15) is 4.79 Å². The maximum atomic E-state index is 13.4. The molecule has 0 bridgehead atoms. The highest BCUT2D eigenvalue weighted by Gasteiger charge is 2.25. The summed E-state index contributed by atoms with van der Waals surface area (Å²) in [6.07, 6.45) is 0. The molecule has 8 heteroatoms. The van der Waals surface area contributed by atoms with E-state index in [0.29, 0.717) is 41.5 Å². The van der Waals surface area contributed by atoms with Crippen molar-refractivity contribution >= 4 is 11.0 Å². The van der Waals surface area contributed by atoms with Crippen LogP contribution < -0.4 is 19.6 Å². The van der Waals surface area contributed by atoms with Crippen LogP contribution in [-0.2, 0) is 11.3 Å². The van der Waals surface area contributed by atoms with Gasteiger partial charge in [-0.1, -0.05) is 12.1 Å². The lowest BCUT2D eigenvalue weighted by Crippen LogP contribution is -2.43. The van der Waals surface area contributed by atoms with E-state index < -0.39 is 0 Å². The molecule has 3 heterocycles. The maximum Gasteiger partial charge on any atom is 0.235 e. The zero-order chi connectivity index (χ0) is 22.8. The fourth-order valence-electron chi connectivity index (χ4n) is 4.28. The summed E-state index contributed by atoms with van der Waals surface area (Å²) in [7, 11) is 1.56. The minimum absolute atomic E-state index is 0.160. The quantitative estimate of drug-likeness (QED) is 0.564. The van der Waals surface area contributed by atoms with Crippen molar-refractivity contribution < 1.29 is 23.4 Å². The summed E-state index contributed by atoms with van der Waals surface area (Å²) in [4.78, 5) is 18.0. The second-order valence-corrected chi connectivity index (χ2v) is 8.27. The van der Waals surface area contributed by atoms with Crippen LogP contribution in [-0.4, -0.2) is 63.0 Å². The molecule has 1 aromatic heterocycles. The molecule has 2 aliphatic rings. The molecule has 33 heavy (non-hydrogen) atoms. The summed E-state index contributed by atoms with van der Waals surface area (Å²) >= 11 is 0. The van der Waals surface area contributed by atoms with Crippen LogP contribution in [0, 0.1) is 6.92 Å². The first kappa shape index (κ1) is 21.8. The standard InChI is InChI=1S/C25H28N2O6/c1-17-24(33-22-6-4-3-5-21(22)29-2)23(28)18-7-8-20-19(25(18)32-17)15-27(16-31-20)10-9-26-11-13-30-14-12-26/h3-8H,9-16H2,1-2H3. The lowest BCUT2D eigenvalue weighted by molar-refractivity contribution is 0.0241. The molecule has 0 unspecified atom stereocenters. The van der Waals surface area contributed by atoms with Gasteiger partial charge in [-0.3, -0.25) is 14.6 Å². The Morgan fingerprint density at radius 3 is 2.55 bits per heavy atom. The van der Waals surface area contributed by atoms with Gasteiger partial charge < -0.3 is 23.4 Å². The molecule has 0 N–H and O–H groups in total. The van der Waals surface area contributed by atoms with Gasteiger partial charge in [0.2, 0.25) is 11.2 Å². The van der Waals surface area contributed by atoms with E-state index in [1.807, 2.05) is 18.2 Å². The molecule has 0 radical (unpaired) electrons. The summed E-state index contributed by atoms with van der Waals surface area (Å²) in [5, 5.41) is 0.475. The second kappa shape index (κ2) is 9.43. The average Bonchev–Trinajstić information content (AvgIpc) is 2.86. The number of hydrogen-bond acceptors (Lipinski definition) is 8. The molecule has 2 aliphatic heterocycles. The van der Waals surface area contributed by atoms with Crippen LogP contribution in [0.4, 0.5) is 0 Å². The fourth-order valence-corrected chi connectivity index (χ4v) is 4.28. The van der Waals surface area contributed by atoms with Gasteiger partial charge in [-0.05, 0) is 31.2 Å². The number of methoxy groups -OCH3 is 1. The number of hydrogen-bond donors (Lipinski definition) is 0. The van der Waals surface area contributed by atoms with Gasteiger partial charge >= 0.3 is 0 Å². The van der Waals surface area contributed by atoms with E-state index in [2.05, 4.69) is 9.80 Å². The number of para-hydroxylation sites is 2. The van der Waals surface area contributed by atoms with Crippen LogP contribution in [0.2, 0.25) is 0 Å². The van der Waals surface area contributed by atoms with Crippen LogP contribution in [0.5, 0.6) is 23.0 Å². The summed E-state index contributed by atoms with van der Waals surface area (Å²) in [6.45, 7) is 8.22. The van der Waals surface area contributed by atoms with Crippen molar-refractivity contribution in [1.82, 2.24) is 9.80 Å². The first-order chi connectivity index (χ1) is 16.1. The molecular formula is C25H28N2O6. The average molecular weight is 453 g/mol. The van der Waals surface area contributed by atoms with Crippen LogP contribution in [0.3, 0.4) is 0 Å². The van der Waals surface area contributed by atoms with Gasteiger partial charge in [-0.25, -0.2) is 0 Å². The third kappa shape index (κ3) is 4.42. The lowest BCUT2D eigenvalue weighted by Gasteiger charge is -2.32. The lowest BCUT2D eigenvalue weighted by atomic mass is 10.1. The molecule has 1 saturated heterocycles. The van der Waals surface area contributed by atoms with Gasteiger partial charge in [0, 0.05) is 32.7 Å². The van der Waals surface area contributed by atoms with E-state index in [0.717, 1.165) is 50.7 Å². The van der Waals surface area contributed by atoms with Crippen molar-refractivity contribution in [2.75, 3.05) is 53.2 Å². The summed E-state index contributed by atoms with van der Waals surface area (Å²) in [5.41, 5.74) is 1.23. The largest absolute Gasteiger partial charge is 0.493 e. The van der Waals surface area contributed by atoms with Crippen molar-refractivity contribution in [3.63, 3.8) is 0 Å². The number of morpholine rings is 1. The van der Waals surface area contributed by atoms with E-state index >= 15 is 0 Å². The number of fused-ring (bicyclic) bond motifs is 3. The Balaban J connectivity index is 1.42. The molecule has 3 aromatic rings. The smallest absolute Gasteiger partial charge is 0.235 e. The van der Waals surface area contributed by atoms with Crippen molar-refractivity contribution in [2.24, 2.45) is 0 Å². The van der Waals surface area contributed by atoms with E-state index in [-0.39, 0.29) is 11.2 Å². The molecule has 0 aliphatic carbocycles. The highest BCUT2D eigenvalue weighted by atomic mass is 16.5. The van der Waals surface area contributed by atoms with Gasteiger partial charge in [0.15, 0.2) is 11.5 Å². The summed E-state index contributed by atoms with van der Waals surface area (Å²) < 4.78 is 28.9. The van der Waals surface area contributed by atoms with Gasteiger partial charge in [0.25, 0.3) is 0 Å². The molecule has 0 atom stereocenters. The first-order valence-corrected chi connectivity index (χ1v) is 11.2. The minimum atomic E-state index is -0.215. The number of benzene rings is 2. The predicted molar refractivity (Wildman–Crippen MR) is 123 cm³/mol. The molecule has 1 fully saturated rings. The monoisotopic (exact) mass is 452 g/mol. The zero-order valence-corrected chi connectivity index (χ0v) is 19.0. The highest BCUT2D eigenvalue weighted by Crippen LogP contribution is 2.36. The number of rotatable bonds is 6. The Labute approximate surface area is 192 Å². The molecule has 0 saturated carbocycles. The fraction of sp³-hybridized carbons (Fsp3) is 0.400. The normalized spacial score (nSPS) is 16.9. The Morgan fingerprint density at radius 1 is 1.00 bits per heavy atom. The summed E-state index contributed by atoms with van der Waals surface area (Å²) in [6, 6.07) is 10.8. The first-order valence-electron chi connectivity index (χ1n) is 11.2. The SMILES string of the molecule is COc1ccccc1Oc1c(C)oc2c3c(ccc2c1=O)OCN(CCN1CCOCC1)C3. The molecule has 2 aromatic carbocycles. The molecule has 0 amide bonds. The predicted octanol–water partition coefficient (Wildman–Crippen LogP) is 3.39. The van der Waals surface area contributed by atoms with Crippen molar-refractivity contribution in [3.05, 3.63) is 57.9 Å². The molecule has 174 valence electrons. The number of ether oxygens (including phenoxy) is 4. The van der Waals surface area contributed by atoms with Gasteiger partial charge in [0.1, 0.15) is 23.8 Å². The minimum Gasteiger partial charge on any atom is -0.493 e. The van der Waals surface area contributed by atoms with Gasteiger partial charge in [-0.15, -0.1) is 0 Å². The van der Waals surface area contributed by atoms with Gasteiger partial charge in [-0.2, -0.15) is 0 Å². The number of aryl methyl sites for hydroxylation is 1. The molecule has 5 rings (SSSR count). The summed E-state index contributed by atoms with van der Waals surface area (Å²) in [5.74, 6) is 2.34. The second-order valence-electron chi connectivity index (χ2n) is 8.27. The third-order valence-electron chi connectivity index (χ3n) is 6.14. The van der Waals surface area contributed by atoms with Crippen LogP contribution in [0.15, 0.2) is 45.6 Å². The van der Waals surface area contributed by atoms with Crippen LogP contribution in [0.25, 0.3) is 11.0 Å². The highest BCUT2D eigenvalue weighted by molar-refractivity contribution is 5.83. The van der Waals surface area contributed by atoms with Gasteiger partial charge in [0.05, 0.1) is 31.3 Å². The third-order valence-corrected chi connectivity index (χ3v) is 6.14. The Hall–Kier alpha value is -3.07. The topological polar surface area (TPSA) is 73.6 Å².